The molecule has 0 fully saturated rings. The first kappa shape index (κ1) is 14.9. The highest BCUT2D eigenvalue weighted by atomic mass is 19.4. The number of hydrogen-bond donors (Lipinski definition) is 1. The molecule has 2 aromatic rings. The summed E-state index contributed by atoms with van der Waals surface area (Å²) in [6.07, 6.45) is -4.88. The topological polar surface area (TPSA) is 34.1 Å². The van der Waals surface area contributed by atoms with E-state index in [0.29, 0.717) is 0 Å². The van der Waals surface area contributed by atoms with Crippen LogP contribution in [0.4, 0.5) is 37.8 Å². The van der Waals surface area contributed by atoms with Gasteiger partial charge in [0.1, 0.15) is 5.75 Å². The second-order valence-corrected chi connectivity index (χ2v) is 3.79. The van der Waals surface area contributed by atoms with Gasteiger partial charge < -0.3 is 10.1 Å². The summed E-state index contributed by atoms with van der Waals surface area (Å²) >= 11 is 0. The molecule has 0 atom stereocenters. The minimum absolute atomic E-state index is 0.0471. The van der Waals surface area contributed by atoms with Crippen molar-refractivity contribution in [1.82, 2.24) is 4.98 Å². The lowest BCUT2D eigenvalue weighted by molar-refractivity contribution is -0.274. The highest BCUT2D eigenvalue weighted by molar-refractivity contribution is 5.58. The number of alkyl halides is 3. The Hall–Kier alpha value is -2.45. The maximum Gasteiger partial charge on any atom is 0.573 e. The largest absolute Gasteiger partial charge is 0.573 e. The van der Waals surface area contributed by atoms with Crippen molar-refractivity contribution < 1.29 is 31.1 Å². The molecule has 0 aliphatic heterocycles. The van der Waals surface area contributed by atoms with Crippen molar-refractivity contribution in [3.05, 3.63) is 47.9 Å². The molecule has 0 bridgehead atoms. The first-order valence-electron chi connectivity index (χ1n) is 5.39. The number of aromatic nitrogens is 1. The van der Waals surface area contributed by atoms with Crippen LogP contribution in [0.15, 0.2) is 30.3 Å². The Morgan fingerprint density at radius 3 is 2.38 bits per heavy atom. The summed E-state index contributed by atoms with van der Waals surface area (Å²) in [6.45, 7) is 0. The van der Waals surface area contributed by atoms with E-state index in [-0.39, 0.29) is 11.8 Å². The third-order valence-electron chi connectivity index (χ3n) is 2.22. The van der Waals surface area contributed by atoms with Crippen LogP contribution >= 0.6 is 0 Å². The quantitative estimate of drug-likeness (QED) is 0.683. The molecule has 0 saturated heterocycles. The van der Waals surface area contributed by atoms with Gasteiger partial charge in [-0.15, -0.1) is 13.2 Å². The Balaban J connectivity index is 2.24. The minimum atomic E-state index is -4.88. The third kappa shape index (κ3) is 4.01. The van der Waals surface area contributed by atoms with E-state index in [0.717, 1.165) is 12.1 Å². The van der Waals surface area contributed by atoms with Gasteiger partial charge >= 0.3 is 6.36 Å². The molecule has 0 aliphatic rings. The standard InChI is InChI=1S/C12H6F6N2O/c13-8-5-9(14)11(20-10(8)15)19-6-2-1-3-7(4-6)21-12(16,17)18/h1-5H,(H,19,20). The van der Waals surface area contributed by atoms with Crippen LogP contribution in [0.2, 0.25) is 0 Å². The molecule has 1 aromatic heterocycles. The number of hydrogen-bond acceptors (Lipinski definition) is 3. The monoisotopic (exact) mass is 308 g/mol. The summed E-state index contributed by atoms with van der Waals surface area (Å²) in [4.78, 5) is 2.98. The van der Waals surface area contributed by atoms with Gasteiger partial charge in [0.15, 0.2) is 17.5 Å². The number of nitrogens with one attached hydrogen (secondary N) is 1. The summed E-state index contributed by atoms with van der Waals surface area (Å²) in [7, 11) is 0. The summed E-state index contributed by atoms with van der Waals surface area (Å²) in [5.41, 5.74) is -0.0471. The van der Waals surface area contributed by atoms with Crippen LogP contribution in [0.5, 0.6) is 5.75 Å². The van der Waals surface area contributed by atoms with Crippen molar-refractivity contribution in [3.8, 4) is 5.75 Å². The fourth-order valence-corrected chi connectivity index (χ4v) is 1.44. The molecule has 1 N–H and O–H groups in total. The number of benzene rings is 1. The van der Waals surface area contributed by atoms with Crippen molar-refractivity contribution >= 4 is 11.5 Å². The van der Waals surface area contributed by atoms with Gasteiger partial charge in [-0.25, -0.2) is 8.78 Å². The lowest BCUT2D eigenvalue weighted by Gasteiger charge is -2.11. The van der Waals surface area contributed by atoms with Gasteiger partial charge in [-0.05, 0) is 12.1 Å². The van der Waals surface area contributed by atoms with Crippen molar-refractivity contribution in [2.45, 2.75) is 6.36 Å². The lowest BCUT2D eigenvalue weighted by Crippen LogP contribution is -2.17. The predicted molar refractivity (Wildman–Crippen MR) is 60.5 cm³/mol. The van der Waals surface area contributed by atoms with Gasteiger partial charge in [0.25, 0.3) is 5.95 Å². The predicted octanol–water partition coefficient (Wildman–Crippen LogP) is 4.14. The molecular formula is C12H6F6N2O. The average molecular weight is 308 g/mol. The molecule has 9 heteroatoms. The normalized spacial score (nSPS) is 11.3. The lowest BCUT2D eigenvalue weighted by atomic mass is 10.3. The van der Waals surface area contributed by atoms with E-state index < -0.39 is 35.5 Å². The van der Waals surface area contributed by atoms with E-state index in [9.17, 15) is 26.3 Å². The Morgan fingerprint density at radius 2 is 1.71 bits per heavy atom. The van der Waals surface area contributed by atoms with Crippen LogP contribution in [0.3, 0.4) is 0 Å². The number of nitrogens with zero attached hydrogens (tertiary/aromatic N) is 1. The zero-order valence-corrected chi connectivity index (χ0v) is 10.0. The number of rotatable bonds is 3. The van der Waals surface area contributed by atoms with Crippen molar-refractivity contribution in [1.29, 1.82) is 0 Å². The first-order valence-corrected chi connectivity index (χ1v) is 5.39. The summed E-state index contributed by atoms with van der Waals surface area (Å²) in [5, 5.41) is 2.23. The van der Waals surface area contributed by atoms with Gasteiger partial charge in [-0.2, -0.15) is 9.37 Å². The number of halogens is 6. The van der Waals surface area contributed by atoms with Crippen LogP contribution in [0.25, 0.3) is 0 Å². The first-order chi connectivity index (χ1) is 9.74. The smallest absolute Gasteiger partial charge is 0.406 e. The van der Waals surface area contributed by atoms with Crippen LogP contribution < -0.4 is 10.1 Å². The molecule has 0 amide bonds. The molecule has 112 valence electrons. The molecule has 0 radical (unpaired) electrons. The second kappa shape index (κ2) is 5.51. The molecule has 1 heterocycles. The van der Waals surface area contributed by atoms with Gasteiger partial charge in [0.05, 0.1) is 0 Å². The molecule has 0 aliphatic carbocycles. The number of ether oxygens (including phenoxy) is 1. The zero-order valence-electron chi connectivity index (χ0n) is 10.0. The molecule has 3 nitrogen and oxygen atoms in total. The van der Waals surface area contributed by atoms with Crippen LogP contribution in [-0.4, -0.2) is 11.3 Å². The Morgan fingerprint density at radius 1 is 1.00 bits per heavy atom. The number of pyridine rings is 1. The molecular weight excluding hydrogens is 302 g/mol. The van der Waals surface area contributed by atoms with E-state index in [2.05, 4.69) is 15.0 Å². The van der Waals surface area contributed by atoms with Gasteiger partial charge in [-0.1, -0.05) is 6.07 Å². The number of anilines is 2. The zero-order chi connectivity index (χ0) is 15.6. The molecule has 2 rings (SSSR count). The van der Waals surface area contributed by atoms with Crippen LogP contribution in [0.1, 0.15) is 0 Å². The van der Waals surface area contributed by atoms with Crippen molar-refractivity contribution in [2.24, 2.45) is 0 Å². The van der Waals surface area contributed by atoms with Gasteiger partial charge in [-0.3, -0.25) is 0 Å². The maximum atomic E-state index is 13.3. The maximum absolute atomic E-state index is 13.3. The molecule has 0 spiro atoms. The van der Waals surface area contributed by atoms with E-state index in [1.54, 1.807) is 0 Å². The Bertz CT molecular complexity index is 659. The Kier molecular flexibility index (Phi) is 3.92. The summed E-state index contributed by atoms with van der Waals surface area (Å²) < 4.78 is 78.8. The molecule has 1 aromatic carbocycles. The fourth-order valence-electron chi connectivity index (χ4n) is 1.44. The minimum Gasteiger partial charge on any atom is -0.406 e. The summed E-state index contributed by atoms with van der Waals surface area (Å²) in [6, 6.07) is 4.65. The molecule has 21 heavy (non-hydrogen) atoms. The van der Waals surface area contributed by atoms with Crippen molar-refractivity contribution in [3.63, 3.8) is 0 Å². The highest BCUT2D eigenvalue weighted by Gasteiger charge is 2.31. The Labute approximate surface area is 114 Å². The van der Waals surface area contributed by atoms with E-state index in [1.807, 2.05) is 0 Å². The molecule has 0 unspecified atom stereocenters. The van der Waals surface area contributed by atoms with Gasteiger partial charge in [0, 0.05) is 17.8 Å². The van der Waals surface area contributed by atoms with Crippen LogP contribution in [0, 0.1) is 17.6 Å². The SMILES string of the molecule is Fc1cc(F)c(Nc2cccc(OC(F)(F)F)c2)nc1F. The van der Waals surface area contributed by atoms with Gasteiger partial charge in [0.2, 0.25) is 0 Å². The van der Waals surface area contributed by atoms with E-state index in [1.165, 1.54) is 12.1 Å². The second-order valence-electron chi connectivity index (χ2n) is 3.79. The van der Waals surface area contributed by atoms with Crippen molar-refractivity contribution in [2.75, 3.05) is 5.32 Å². The third-order valence-corrected chi connectivity index (χ3v) is 2.22. The van der Waals surface area contributed by atoms with Crippen LogP contribution in [-0.2, 0) is 0 Å². The highest BCUT2D eigenvalue weighted by Crippen LogP contribution is 2.27. The van der Waals surface area contributed by atoms with E-state index >= 15 is 0 Å². The van der Waals surface area contributed by atoms with E-state index in [4.69, 9.17) is 0 Å². The molecule has 0 saturated carbocycles. The average Bonchev–Trinajstić information content (AvgIpc) is 2.34. The fraction of sp³-hybridized carbons (Fsp3) is 0.0833. The summed E-state index contributed by atoms with van der Waals surface area (Å²) in [5.74, 6) is -5.45.